The fourth-order valence-corrected chi connectivity index (χ4v) is 5.81. The predicted octanol–water partition coefficient (Wildman–Crippen LogP) is 3.58. The van der Waals surface area contributed by atoms with E-state index in [4.69, 9.17) is 4.74 Å². The highest BCUT2D eigenvalue weighted by Gasteiger charge is 2.43. The molecule has 114 valence electrons. The lowest BCUT2D eigenvalue weighted by atomic mass is 9.97. The van der Waals surface area contributed by atoms with Gasteiger partial charge in [0, 0.05) is 0 Å². The molecule has 22 heavy (non-hydrogen) atoms. The number of hydrogen-bond donors (Lipinski definition) is 0. The Bertz CT molecular complexity index is 880. The molecule has 2 atom stereocenters. The minimum atomic E-state index is -2.91. The zero-order chi connectivity index (χ0) is 15.3. The molecule has 2 aliphatic heterocycles. The average molecular weight is 314 g/mol. The third-order valence-corrected chi connectivity index (χ3v) is 7.46. The van der Waals surface area contributed by atoms with Crippen LogP contribution in [0, 0.1) is 0 Å². The van der Waals surface area contributed by atoms with Crippen molar-refractivity contribution in [3.05, 3.63) is 48.0 Å². The fraction of sp³-hybridized carbons (Fsp3) is 0.333. The second kappa shape index (κ2) is 4.85. The van der Waals surface area contributed by atoms with E-state index >= 15 is 0 Å². The molecule has 2 bridgehead atoms. The number of sulfone groups is 1. The Morgan fingerprint density at radius 2 is 1.82 bits per heavy atom. The van der Waals surface area contributed by atoms with Crippen LogP contribution in [0.5, 0.6) is 5.75 Å². The largest absolute Gasteiger partial charge is 0.497 e. The van der Waals surface area contributed by atoms with Crippen molar-refractivity contribution in [2.45, 2.75) is 29.8 Å². The normalized spacial score (nSPS) is 26.0. The summed E-state index contributed by atoms with van der Waals surface area (Å²) < 4.78 is 29.6. The van der Waals surface area contributed by atoms with Crippen LogP contribution in [0.2, 0.25) is 0 Å². The Labute approximate surface area is 130 Å². The smallest absolute Gasteiger partial charge is 0.159 e. The van der Waals surface area contributed by atoms with Gasteiger partial charge in [0.2, 0.25) is 0 Å². The second-order valence-electron chi connectivity index (χ2n) is 6.15. The van der Waals surface area contributed by atoms with Crippen molar-refractivity contribution in [1.82, 2.24) is 0 Å². The first-order chi connectivity index (χ1) is 10.6. The third kappa shape index (κ3) is 2.05. The lowest BCUT2D eigenvalue weighted by molar-refractivity contribution is 0.415. The highest BCUT2D eigenvalue weighted by molar-refractivity contribution is 7.93. The molecule has 3 nitrogen and oxygen atoms in total. The first-order valence-corrected chi connectivity index (χ1v) is 9.20. The van der Waals surface area contributed by atoms with Gasteiger partial charge >= 0.3 is 0 Å². The second-order valence-corrected chi connectivity index (χ2v) is 8.60. The van der Waals surface area contributed by atoms with Gasteiger partial charge in [-0.15, -0.1) is 0 Å². The van der Waals surface area contributed by atoms with Gasteiger partial charge in [-0.05, 0) is 59.4 Å². The van der Waals surface area contributed by atoms with E-state index in [0.717, 1.165) is 34.9 Å². The molecular weight excluding hydrogens is 296 g/mol. The highest BCUT2D eigenvalue weighted by Crippen LogP contribution is 2.41. The SMILES string of the molecule is COc1ccc2cc(C3=CC4CCC(C3)S4(=O)=O)ccc2c1. The third-order valence-electron chi connectivity index (χ3n) is 4.91. The number of allylic oxidation sites excluding steroid dienone is 1. The minimum Gasteiger partial charge on any atom is -0.497 e. The van der Waals surface area contributed by atoms with E-state index in [2.05, 4.69) is 18.2 Å². The van der Waals surface area contributed by atoms with Crippen LogP contribution >= 0.6 is 0 Å². The summed E-state index contributed by atoms with van der Waals surface area (Å²) in [6.07, 6.45) is 4.21. The van der Waals surface area contributed by atoms with Crippen molar-refractivity contribution in [1.29, 1.82) is 0 Å². The molecule has 2 unspecified atom stereocenters. The molecule has 0 aromatic heterocycles. The van der Waals surface area contributed by atoms with Crippen LogP contribution in [-0.2, 0) is 9.84 Å². The Morgan fingerprint density at radius 1 is 1.05 bits per heavy atom. The van der Waals surface area contributed by atoms with Crippen molar-refractivity contribution in [2.24, 2.45) is 0 Å². The standard InChI is InChI=1S/C18H18O3S/c1-21-16-5-4-12-8-13(2-3-14(12)9-16)15-10-17-6-7-18(11-15)22(17,19)20/h2-5,8-10,17-18H,6-7,11H2,1H3. The summed E-state index contributed by atoms with van der Waals surface area (Å²) in [6.45, 7) is 0. The van der Waals surface area contributed by atoms with Crippen molar-refractivity contribution >= 4 is 26.2 Å². The van der Waals surface area contributed by atoms with E-state index in [-0.39, 0.29) is 10.5 Å². The number of methoxy groups -OCH3 is 1. The number of hydrogen-bond acceptors (Lipinski definition) is 3. The number of rotatable bonds is 2. The van der Waals surface area contributed by atoms with E-state index in [0.29, 0.717) is 6.42 Å². The fourth-order valence-electron chi connectivity index (χ4n) is 3.62. The van der Waals surface area contributed by atoms with Gasteiger partial charge in [0.05, 0.1) is 17.6 Å². The molecule has 2 aromatic rings. The molecule has 1 fully saturated rings. The van der Waals surface area contributed by atoms with Crippen molar-refractivity contribution in [3.8, 4) is 5.75 Å². The van der Waals surface area contributed by atoms with Gasteiger partial charge in [-0.2, -0.15) is 0 Å². The molecule has 2 aromatic carbocycles. The molecule has 2 heterocycles. The summed E-state index contributed by atoms with van der Waals surface area (Å²) in [5.74, 6) is 0.848. The summed E-state index contributed by atoms with van der Waals surface area (Å²) in [7, 11) is -1.25. The maximum Gasteiger partial charge on any atom is 0.159 e. The molecule has 0 aliphatic carbocycles. The van der Waals surface area contributed by atoms with Crippen LogP contribution in [0.3, 0.4) is 0 Å². The van der Waals surface area contributed by atoms with Crippen LogP contribution < -0.4 is 4.74 Å². The monoisotopic (exact) mass is 314 g/mol. The van der Waals surface area contributed by atoms with E-state index in [1.165, 1.54) is 5.57 Å². The van der Waals surface area contributed by atoms with E-state index in [1.807, 2.05) is 24.3 Å². The van der Waals surface area contributed by atoms with Gasteiger partial charge in [0.1, 0.15) is 5.75 Å². The molecule has 0 radical (unpaired) electrons. The number of ether oxygens (including phenoxy) is 1. The van der Waals surface area contributed by atoms with E-state index < -0.39 is 9.84 Å². The quantitative estimate of drug-likeness (QED) is 0.851. The van der Waals surface area contributed by atoms with Crippen molar-refractivity contribution in [3.63, 3.8) is 0 Å². The van der Waals surface area contributed by atoms with Gasteiger partial charge < -0.3 is 4.74 Å². The van der Waals surface area contributed by atoms with E-state index in [9.17, 15) is 8.42 Å². The van der Waals surface area contributed by atoms with Gasteiger partial charge in [0.25, 0.3) is 0 Å². The zero-order valence-corrected chi connectivity index (χ0v) is 13.3. The Balaban J connectivity index is 1.76. The summed E-state index contributed by atoms with van der Waals surface area (Å²) in [5.41, 5.74) is 2.32. The lowest BCUT2D eigenvalue weighted by Crippen LogP contribution is -2.26. The minimum absolute atomic E-state index is 0.177. The Hall–Kier alpha value is -1.81. The molecule has 1 saturated heterocycles. The van der Waals surface area contributed by atoms with Crippen LogP contribution in [0.4, 0.5) is 0 Å². The summed E-state index contributed by atoms with van der Waals surface area (Å²) in [5, 5.41) is 1.84. The molecular formula is C18H18O3S. The zero-order valence-electron chi connectivity index (χ0n) is 12.5. The number of fused-ring (bicyclic) bond motifs is 3. The maximum atomic E-state index is 12.2. The average Bonchev–Trinajstić information content (AvgIpc) is 2.72. The topological polar surface area (TPSA) is 43.4 Å². The predicted molar refractivity (Wildman–Crippen MR) is 88.8 cm³/mol. The first-order valence-electron chi connectivity index (χ1n) is 7.59. The summed E-state index contributed by atoms with van der Waals surface area (Å²) >= 11 is 0. The molecule has 0 amide bonds. The van der Waals surface area contributed by atoms with Crippen molar-refractivity contribution in [2.75, 3.05) is 7.11 Å². The summed E-state index contributed by atoms with van der Waals surface area (Å²) in [6, 6.07) is 12.3. The van der Waals surface area contributed by atoms with Crippen molar-refractivity contribution < 1.29 is 13.2 Å². The van der Waals surface area contributed by atoms with Crippen LogP contribution in [-0.4, -0.2) is 26.0 Å². The molecule has 0 N–H and O–H groups in total. The Kier molecular flexibility index (Phi) is 3.05. The molecule has 4 rings (SSSR count). The molecule has 0 saturated carbocycles. The highest BCUT2D eigenvalue weighted by atomic mass is 32.2. The van der Waals surface area contributed by atoms with Gasteiger partial charge in [-0.3, -0.25) is 0 Å². The van der Waals surface area contributed by atoms with Crippen LogP contribution in [0.1, 0.15) is 24.8 Å². The van der Waals surface area contributed by atoms with Crippen LogP contribution in [0.15, 0.2) is 42.5 Å². The van der Waals surface area contributed by atoms with Gasteiger partial charge in [-0.25, -0.2) is 8.42 Å². The lowest BCUT2D eigenvalue weighted by Gasteiger charge is -2.20. The van der Waals surface area contributed by atoms with Gasteiger partial charge in [0.15, 0.2) is 9.84 Å². The van der Waals surface area contributed by atoms with Crippen LogP contribution in [0.25, 0.3) is 16.3 Å². The maximum absolute atomic E-state index is 12.2. The molecule has 0 spiro atoms. The summed E-state index contributed by atoms with van der Waals surface area (Å²) in [4.78, 5) is 0. The van der Waals surface area contributed by atoms with E-state index in [1.54, 1.807) is 7.11 Å². The first kappa shape index (κ1) is 13.8. The Morgan fingerprint density at radius 3 is 2.59 bits per heavy atom. The van der Waals surface area contributed by atoms with Gasteiger partial charge in [-0.1, -0.05) is 24.3 Å². The molecule has 2 aliphatic rings. The number of benzene rings is 2. The molecule has 4 heteroatoms.